The van der Waals surface area contributed by atoms with Crippen molar-refractivity contribution >= 4 is 0 Å². The Morgan fingerprint density at radius 2 is 1.39 bits per heavy atom. The van der Waals surface area contributed by atoms with Gasteiger partial charge in [-0.25, -0.2) is 8.78 Å². The average molecular weight is 327 g/mol. The van der Waals surface area contributed by atoms with Crippen molar-refractivity contribution in [1.29, 1.82) is 0 Å². The third-order valence-electron chi connectivity index (χ3n) is 6.83. The summed E-state index contributed by atoms with van der Waals surface area (Å²) >= 11 is 0. The second kappa shape index (κ2) is 9.18. The lowest BCUT2D eigenvalue weighted by molar-refractivity contribution is 0.120. The van der Waals surface area contributed by atoms with Gasteiger partial charge in [0.05, 0.1) is 0 Å². The van der Waals surface area contributed by atoms with Gasteiger partial charge in [0.1, 0.15) is 12.3 Å². The highest BCUT2D eigenvalue weighted by Gasteiger charge is 2.32. The predicted octanol–water partition coefficient (Wildman–Crippen LogP) is 6.90. The fourth-order valence-electron chi connectivity index (χ4n) is 4.92. The molecule has 0 aromatic heterocycles. The third kappa shape index (κ3) is 5.57. The van der Waals surface area contributed by atoms with Crippen molar-refractivity contribution in [2.45, 2.75) is 90.4 Å². The molecule has 0 N–H and O–H groups in total. The van der Waals surface area contributed by atoms with E-state index in [-0.39, 0.29) is 0 Å². The Hall–Kier alpha value is -0.400. The van der Waals surface area contributed by atoms with Crippen LogP contribution in [0.1, 0.15) is 78.1 Å². The number of allylic oxidation sites excluding steroid dienone is 1. The first-order chi connectivity index (χ1) is 11.0. The van der Waals surface area contributed by atoms with Crippen LogP contribution < -0.4 is 0 Å². The molecule has 2 fully saturated rings. The van der Waals surface area contributed by atoms with E-state index in [9.17, 15) is 8.78 Å². The summed E-state index contributed by atoms with van der Waals surface area (Å²) in [6, 6.07) is 0. The van der Waals surface area contributed by atoms with Crippen molar-refractivity contribution in [2.75, 3.05) is 0 Å². The third-order valence-corrected chi connectivity index (χ3v) is 6.83. The van der Waals surface area contributed by atoms with Gasteiger partial charge in [-0.05, 0) is 101 Å². The van der Waals surface area contributed by atoms with Gasteiger partial charge in [-0.15, -0.1) is 6.58 Å². The minimum absolute atomic E-state index is 0.393. The molecule has 2 saturated carbocycles. The topological polar surface area (TPSA) is 0 Å². The number of hydrogen-bond donors (Lipinski definition) is 0. The molecule has 2 rings (SSSR count). The first kappa shape index (κ1) is 18.9. The molecule has 2 heteroatoms. The van der Waals surface area contributed by atoms with Gasteiger partial charge >= 0.3 is 0 Å². The van der Waals surface area contributed by atoms with Crippen LogP contribution in [0.15, 0.2) is 12.7 Å². The van der Waals surface area contributed by atoms with E-state index in [1.807, 2.05) is 0 Å². The summed E-state index contributed by atoms with van der Waals surface area (Å²) < 4.78 is 26.4. The number of rotatable bonds is 7. The number of hydrogen-bond acceptors (Lipinski definition) is 0. The number of alkyl halides is 2. The van der Waals surface area contributed by atoms with Crippen LogP contribution in [0.2, 0.25) is 0 Å². The lowest BCUT2D eigenvalue weighted by atomic mass is 9.67. The van der Waals surface area contributed by atoms with Crippen molar-refractivity contribution in [3.63, 3.8) is 0 Å². The maximum Gasteiger partial charge on any atom is 0.131 e. The molecule has 3 atom stereocenters. The minimum atomic E-state index is -1.32. The Morgan fingerprint density at radius 3 is 1.87 bits per heavy atom. The average Bonchev–Trinajstić information content (AvgIpc) is 2.59. The van der Waals surface area contributed by atoms with Crippen LogP contribution in [0.5, 0.6) is 0 Å². The largest absolute Gasteiger partial charge is 0.245 e. The van der Waals surface area contributed by atoms with Crippen LogP contribution in [-0.4, -0.2) is 12.3 Å². The van der Waals surface area contributed by atoms with E-state index in [0.29, 0.717) is 12.3 Å². The molecule has 2 aliphatic rings. The van der Waals surface area contributed by atoms with Gasteiger partial charge in [0.15, 0.2) is 0 Å². The summed E-state index contributed by atoms with van der Waals surface area (Å²) in [4.78, 5) is 0. The highest BCUT2D eigenvalue weighted by molar-refractivity contribution is 4.88. The van der Waals surface area contributed by atoms with Gasteiger partial charge in [-0.2, -0.15) is 0 Å². The number of halogens is 2. The molecule has 0 aromatic rings. The van der Waals surface area contributed by atoms with E-state index in [1.165, 1.54) is 58.3 Å². The van der Waals surface area contributed by atoms with Crippen LogP contribution in [0.3, 0.4) is 0 Å². The Bertz CT molecular complexity index is 336. The van der Waals surface area contributed by atoms with Crippen LogP contribution in [0, 0.1) is 29.6 Å². The quantitative estimate of drug-likeness (QED) is 0.446. The van der Waals surface area contributed by atoms with Gasteiger partial charge in [0.2, 0.25) is 0 Å². The van der Waals surface area contributed by atoms with Crippen LogP contribution in [0.4, 0.5) is 8.78 Å². The monoisotopic (exact) mass is 326 g/mol. The van der Waals surface area contributed by atoms with Crippen LogP contribution >= 0.6 is 0 Å². The zero-order chi connectivity index (χ0) is 16.8. The van der Waals surface area contributed by atoms with E-state index >= 15 is 0 Å². The maximum atomic E-state index is 13.4. The smallest absolute Gasteiger partial charge is 0.131 e. The molecule has 0 radical (unpaired) electrons. The van der Waals surface area contributed by atoms with Gasteiger partial charge in [0.25, 0.3) is 0 Å². The lowest BCUT2D eigenvalue weighted by Gasteiger charge is -2.39. The summed E-state index contributed by atoms with van der Waals surface area (Å²) in [5, 5.41) is 0. The molecule has 0 heterocycles. The van der Waals surface area contributed by atoms with Gasteiger partial charge in [-0.1, -0.05) is 13.0 Å². The van der Waals surface area contributed by atoms with Crippen molar-refractivity contribution in [2.24, 2.45) is 29.6 Å². The molecule has 0 saturated heterocycles. The molecule has 0 bridgehead atoms. The summed E-state index contributed by atoms with van der Waals surface area (Å²) in [5.74, 6) is 3.89. The summed E-state index contributed by atoms with van der Waals surface area (Å²) in [7, 11) is 0. The highest BCUT2D eigenvalue weighted by Crippen LogP contribution is 2.43. The van der Waals surface area contributed by atoms with Crippen LogP contribution in [-0.2, 0) is 0 Å². The van der Waals surface area contributed by atoms with Gasteiger partial charge < -0.3 is 0 Å². The second-order valence-corrected chi connectivity index (χ2v) is 8.33. The highest BCUT2D eigenvalue weighted by atomic mass is 19.2. The normalized spacial score (nSPS) is 36.2. The van der Waals surface area contributed by atoms with E-state index in [0.717, 1.165) is 30.1 Å². The van der Waals surface area contributed by atoms with Gasteiger partial charge in [-0.3, -0.25) is 0 Å². The molecule has 134 valence electrons. The molecular formula is C21H36F2. The molecule has 0 spiro atoms. The molecule has 3 unspecified atom stereocenters. The Labute approximate surface area is 142 Å². The molecule has 0 nitrogen and oxygen atoms in total. The van der Waals surface area contributed by atoms with Crippen molar-refractivity contribution < 1.29 is 8.78 Å². The SMILES string of the molecule is C=CC1CCC(C2CCC(C(C)CCC(F)C(C)F)CC2)CC1. The minimum Gasteiger partial charge on any atom is -0.245 e. The second-order valence-electron chi connectivity index (χ2n) is 8.33. The van der Waals surface area contributed by atoms with E-state index < -0.39 is 12.3 Å². The van der Waals surface area contributed by atoms with Crippen molar-refractivity contribution in [3.8, 4) is 0 Å². The van der Waals surface area contributed by atoms with Crippen molar-refractivity contribution in [3.05, 3.63) is 12.7 Å². The summed E-state index contributed by atoms with van der Waals surface area (Å²) in [5.41, 5.74) is 0. The standard InChI is InChI=1S/C21H36F2/c1-4-17-6-8-19(9-7-17)20-12-10-18(11-13-20)15(2)5-14-21(23)16(3)22/h4,15-21H,1,5-14H2,2-3H3. The molecule has 0 amide bonds. The summed E-state index contributed by atoms with van der Waals surface area (Å²) in [6.07, 6.45) is 11.6. The summed E-state index contributed by atoms with van der Waals surface area (Å²) in [6.45, 7) is 7.52. The van der Waals surface area contributed by atoms with Crippen molar-refractivity contribution in [1.82, 2.24) is 0 Å². The molecule has 0 aliphatic heterocycles. The Morgan fingerprint density at radius 1 is 0.870 bits per heavy atom. The van der Waals surface area contributed by atoms with Gasteiger partial charge in [0, 0.05) is 0 Å². The molecule has 0 aromatic carbocycles. The molecular weight excluding hydrogens is 290 g/mol. The predicted molar refractivity (Wildman–Crippen MR) is 95.0 cm³/mol. The first-order valence-corrected chi connectivity index (χ1v) is 9.92. The maximum absolute atomic E-state index is 13.4. The van der Waals surface area contributed by atoms with E-state index in [4.69, 9.17) is 0 Å². The van der Waals surface area contributed by atoms with Crippen LogP contribution in [0.25, 0.3) is 0 Å². The molecule has 23 heavy (non-hydrogen) atoms. The zero-order valence-electron chi connectivity index (χ0n) is 15.2. The Kier molecular flexibility index (Phi) is 7.56. The van der Waals surface area contributed by atoms with E-state index in [2.05, 4.69) is 19.6 Å². The Balaban J connectivity index is 1.68. The lowest BCUT2D eigenvalue weighted by Crippen LogP contribution is -2.27. The zero-order valence-corrected chi connectivity index (χ0v) is 15.2. The first-order valence-electron chi connectivity index (χ1n) is 9.92. The molecule has 2 aliphatic carbocycles. The van der Waals surface area contributed by atoms with E-state index in [1.54, 1.807) is 0 Å². The fraction of sp³-hybridized carbons (Fsp3) is 0.905. The fourth-order valence-corrected chi connectivity index (χ4v) is 4.92.